The maximum absolute atomic E-state index is 6.22. The van der Waals surface area contributed by atoms with E-state index < -0.39 is 0 Å². The van der Waals surface area contributed by atoms with Crippen molar-refractivity contribution in [3.8, 4) is 0 Å². The first-order chi connectivity index (χ1) is 8.10. The third-order valence-electron chi connectivity index (χ3n) is 2.87. The average molecular weight is 275 g/mol. The fourth-order valence-electron chi connectivity index (χ4n) is 2.06. The largest absolute Gasteiger partial charge is 0.309 e. The number of hydrogen-bond acceptors (Lipinski definition) is 2. The van der Waals surface area contributed by atoms with Gasteiger partial charge < -0.3 is 5.32 Å². The topological polar surface area (TPSA) is 24.9 Å². The second kappa shape index (κ2) is 7.20. The van der Waals surface area contributed by atoms with E-state index in [4.69, 9.17) is 23.2 Å². The maximum atomic E-state index is 6.22. The number of halogens is 2. The van der Waals surface area contributed by atoms with Gasteiger partial charge in [0, 0.05) is 6.20 Å². The first kappa shape index (κ1) is 14.7. The highest BCUT2D eigenvalue weighted by molar-refractivity contribution is 6.34. The molecule has 1 aromatic heterocycles. The van der Waals surface area contributed by atoms with Gasteiger partial charge in [-0.2, -0.15) is 0 Å². The standard InChI is InChI=1S/C13H20Cl2N2/c1-4-6-9(3)12(16-5-2)13-11(15)7-10(14)8-17-13/h7-9,12,16H,4-6H2,1-3H3. The van der Waals surface area contributed by atoms with Gasteiger partial charge in [0.25, 0.3) is 0 Å². The Morgan fingerprint density at radius 3 is 2.59 bits per heavy atom. The molecule has 0 aliphatic rings. The quantitative estimate of drug-likeness (QED) is 0.828. The zero-order valence-electron chi connectivity index (χ0n) is 10.6. The van der Waals surface area contributed by atoms with Crippen LogP contribution in [0.3, 0.4) is 0 Å². The van der Waals surface area contributed by atoms with Gasteiger partial charge in [0.1, 0.15) is 0 Å². The van der Waals surface area contributed by atoms with E-state index in [2.05, 4.69) is 31.1 Å². The Kier molecular flexibility index (Phi) is 6.24. The van der Waals surface area contributed by atoms with Gasteiger partial charge in [-0.1, -0.05) is 50.4 Å². The monoisotopic (exact) mass is 274 g/mol. The van der Waals surface area contributed by atoms with E-state index in [0.717, 1.165) is 25.1 Å². The van der Waals surface area contributed by atoms with Crippen molar-refractivity contribution in [2.24, 2.45) is 5.92 Å². The zero-order chi connectivity index (χ0) is 12.8. The molecule has 0 radical (unpaired) electrons. The first-order valence-corrected chi connectivity index (χ1v) is 6.90. The number of rotatable bonds is 6. The smallest absolute Gasteiger partial charge is 0.0762 e. The molecule has 0 saturated heterocycles. The summed E-state index contributed by atoms with van der Waals surface area (Å²) in [6.07, 6.45) is 3.97. The second-order valence-electron chi connectivity index (χ2n) is 4.32. The van der Waals surface area contributed by atoms with E-state index >= 15 is 0 Å². The molecule has 0 amide bonds. The number of pyridine rings is 1. The van der Waals surface area contributed by atoms with Crippen LogP contribution in [0.1, 0.15) is 45.3 Å². The highest BCUT2D eigenvalue weighted by atomic mass is 35.5. The van der Waals surface area contributed by atoms with Crippen molar-refractivity contribution >= 4 is 23.2 Å². The molecule has 0 fully saturated rings. The van der Waals surface area contributed by atoms with Crippen molar-refractivity contribution in [2.75, 3.05) is 6.54 Å². The predicted molar refractivity (Wildman–Crippen MR) is 74.7 cm³/mol. The first-order valence-electron chi connectivity index (χ1n) is 6.14. The lowest BCUT2D eigenvalue weighted by Crippen LogP contribution is -2.28. The zero-order valence-corrected chi connectivity index (χ0v) is 12.1. The summed E-state index contributed by atoms with van der Waals surface area (Å²) in [6.45, 7) is 7.41. The number of nitrogens with zero attached hydrogens (tertiary/aromatic N) is 1. The molecular formula is C13H20Cl2N2. The summed E-state index contributed by atoms with van der Waals surface area (Å²) in [6, 6.07) is 1.96. The van der Waals surface area contributed by atoms with Crippen LogP contribution >= 0.6 is 23.2 Å². The highest BCUT2D eigenvalue weighted by Crippen LogP contribution is 2.30. The molecule has 4 heteroatoms. The lowest BCUT2D eigenvalue weighted by molar-refractivity contribution is 0.362. The van der Waals surface area contributed by atoms with Crippen LogP contribution in [-0.2, 0) is 0 Å². The van der Waals surface area contributed by atoms with E-state index in [9.17, 15) is 0 Å². The Bertz CT molecular complexity index is 355. The fourth-order valence-corrected chi connectivity index (χ4v) is 2.56. The predicted octanol–water partition coefficient (Wildman–Crippen LogP) is 4.48. The molecule has 0 bridgehead atoms. The second-order valence-corrected chi connectivity index (χ2v) is 5.17. The Hall–Kier alpha value is -0.310. The lowest BCUT2D eigenvalue weighted by Gasteiger charge is -2.25. The van der Waals surface area contributed by atoms with E-state index in [1.54, 1.807) is 12.3 Å². The summed E-state index contributed by atoms with van der Waals surface area (Å²) in [7, 11) is 0. The minimum atomic E-state index is 0.199. The number of nitrogens with one attached hydrogen (secondary N) is 1. The van der Waals surface area contributed by atoms with Crippen LogP contribution < -0.4 is 5.32 Å². The van der Waals surface area contributed by atoms with Crippen LogP contribution in [0.15, 0.2) is 12.3 Å². The van der Waals surface area contributed by atoms with Crippen LogP contribution in [0.4, 0.5) is 0 Å². The SMILES string of the molecule is CCCC(C)C(NCC)c1ncc(Cl)cc1Cl. The van der Waals surface area contributed by atoms with Gasteiger partial charge in [0.2, 0.25) is 0 Å². The van der Waals surface area contributed by atoms with Crippen molar-refractivity contribution in [1.82, 2.24) is 10.3 Å². The summed E-state index contributed by atoms with van der Waals surface area (Å²) in [5, 5.41) is 4.68. The normalized spacial score (nSPS) is 14.6. The molecule has 1 aromatic rings. The molecule has 2 unspecified atom stereocenters. The molecule has 0 spiro atoms. The van der Waals surface area contributed by atoms with Crippen molar-refractivity contribution in [3.05, 3.63) is 28.0 Å². The number of hydrogen-bond donors (Lipinski definition) is 1. The summed E-state index contributed by atoms with van der Waals surface area (Å²) < 4.78 is 0. The van der Waals surface area contributed by atoms with E-state index in [-0.39, 0.29) is 6.04 Å². The van der Waals surface area contributed by atoms with Gasteiger partial charge in [-0.25, -0.2) is 0 Å². The van der Waals surface area contributed by atoms with Crippen molar-refractivity contribution in [1.29, 1.82) is 0 Å². The van der Waals surface area contributed by atoms with E-state index in [0.29, 0.717) is 16.0 Å². The van der Waals surface area contributed by atoms with Gasteiger partial charge in [-0.05, 0) is 24.9 Å². The molecule has 1 heterocycles. The molecule has 2 nitrogen and oxygen atoms in total. The van der Waals surface area contributed by atoms with E-state index in [1.807, 2.05) is 0 Å². The van der Waals surface area contributed by atoms with Crippen molar-refractivity contribution < 1.29 is 0 Å². The number of aromatic nitrogens is 1. The van der Waals surface area contributed by atoms with Gasteiger partial charge in [-0.3, -0.25) is 4.98 Å². The molecule has 1 rings (SSSR count). The molecular weight excluding hydrogens is 255 g/mol. The van der Waals surface area contributed by atoms with Crippen LogP contribution in [0.25, 0.3) is 0 Å². The van der Waals surface area contributed by atoms with Crippen molar-refractivity contribution in [3.63, 3.8) is 0 Å². The fraction of sp³-hybridized carbons (Fsp3) is 0.615. The summed E-state index contributed by atoms with van der Waals surface area (Å²) in [5.41, 5.74) is 0.902. The maximum Gasteiger partial charge on any atom is 0.0762 e. The Morgan fingerprint density at radius 1 is 1.35 bits per heavy atom. The molecule has 1 N–H and O–H groups in total. The Balaban J connectivity index is 2.96. The van der Waals surface area contributed by atoms with E-state index in [1.165, 1.54) is 0 Å². The third-order valence-corrected chi connectivity index (χ3v) is 3.38. The minimum absolute atomic E-state index is 0.199. The summed E-state index contributed by atoms with van der Waals surface area (Å²) in [4.78, 5) is 4.37. The average Bonchev–Trinajstić information content (AvgIpc) is 2.27. The molecule has 0 saturated carbocycles. The molecule has 0 aromatic carbocycles. The molecule has 96 valence electrons. The molecule has 0 aliphatic carbocycles. The van der Waals surface area contributed by atoms with Gasteiger partial charge in [0.15, 0.2) is 0 Å². The molecule has 2 atom stereocenters. The van der Waals surface area contributed by atoms with Gasteiger partial charge in [0.05, 0.1) is 21.8 Å². The Labute approximate surface area is 114 Å². The van der Waals surface area contributed by atoms with Crippen LogP contribution in [0, 0.1) is 5.92 Å². The van der Waals surface area contributed by atoms with Crippen LogP contribution in [-0.4, -0.2) is 11.5 Å². The van der Waals surface area contributed by atoms with Crippen LogP contribution in [0.5, 0.6) is 0 Å². The Morgan fingerprint density at radius 2 is 2.06 bits per heavy atom. The van der Waals surface area contributed by atoms with Crippen LogP contribution in [0.2, 0.25) is 10.0 Å². The molecule has 0 aliphatic heterocycles. The highest BCUT2D eigenvalue weighted by Gasteiger charge is 2.21. The van der Waals surface area contributed by atoms with Gasteiger partial charge in [-0.15, -0.1) is 0 Å². The summed E-state index contributed by atoms with van der Waals surface area (Å²) >= 11 is 12.1. The molecule has 17 heavy (non-hydrogen) atoms. The third kappa shape index (κ3) is 4.13. The minimum Gasteiger partial charge on any atom is -0.309 e. The summed E-state index contributed by atoms with van der Waals surface area (Å²) in [5.74, 6) is 0.506. The van der Waals surface area contributed by atoms with Crippen molar-refractivity contribution in [2.45, 2.75) is 39.7 Å². The lowest BCUT2D eigenvalue weighted by atomic mass is 9.94. The van der Waals surface area contributed by atoms with Gasteiger partial charge >= 0.3 is 0 Å².